The molecule has 1 N–H and O–H groups in total. The number of carbonyl (C=O) groups is 1. The molecular weight excluding hydrogens is 243 g/mol. The summed E-state index contributed by atoms with van der Waals surface area (Å²) in [6, 6.07) is 8.75. The Kier molecular flexibility index (Phi) is 3.35. The van der Waals surface area contributed by atoms with Gasteiger partial charge in [-0.1, -0.05) is 17.7 Å². The van der Waals surface area contributed by atoms with E-state index in [-0.39, 0.29) is 16.6 Å². The number of hydrogen-bond donors (Lipinski definition) is 1. The Labute approximate surface area is 102 Å². The minimum absolute atomic E-state index is 0.147. The van der Waals surface area contributed by atoms with Crippen molar-refractivity contribution in [2.24, 2.45) is 0 Å². The van der Waals surface area contributed by atoms with E-state index >= 15 is 0 Å². The van der Waals surface area contributed by atoms with Gasteiger partial charge in [-0.3, -0.25) is 9.78 Å². The molecule has 0 spiro atoms. The number of halogens is 2. The lowest BCUT2D eigenvalue weighted by Gasteiger charge is -2.06. The lowest BCUT2D eigenvalue weighted by atomic mass is 10.3. The highest BCUT2D eigenvalue weighted by Gasteiger charge is 2.09. The molecule has 17 heavy (non-hydrogen) atoms. The zero-order valence-electron chi connectivity index (χ0n) is 8.65. The highest BCUT2D eigenvalue weighted by Crippen LogP contribution is 2.22. The van der Waals surface area contributed by atoms with Gasteiger partial charge >= 0.3 is 0 Å². The molecule has 0 aliphatic heterocycles. The van der Waals surface area contributed by atoms with Crippen LogP contribution in [-0.2, 0) is 0 Å². The Bertz CT molecular complexity index is 545. The van der Waals surface area contributed by atoms with Crippen molar-refractivity contribution >= 4 is 23.2 Å². The van der Waals surface area contributed by atoms with Crippen LogP contribution in [0.25, 0.3) is 0 Å². The van der Waals surface area contributed by atoms with Gasteiger partial charge in [0.2, 0.25) is 0 Å². The van der Waals surface area contributed by atoms with Crippen LogP contribution in [0.4, 0.5) is 10.1 Å². The van der Waals surface area contributed by atoms with Crippen LogP contribution in [-0.4, -0.2) is 10.9 Å². The summed E-state index contributed by atoms with van der Waals surface area (Å²) in [4.78, 5) is 15.6. The Morgan fingerprint density at radius 3 is 2.76 bits per heavy atom. The van der Waals surface area contributed by atoms with Crippen molar-refractivity contribution in [3.05, 3.63) is 59.1 Å². The fraction of sp³-hybridized carbons (Fsp3) is 0. The second-order valence-electron chi connectivity index (χ2n) is 3.29. The van der Waals surface area contributed by atoms with E-state index in [4.69, 9.17) is 11.6 Å². The smallest absolute Gasteiger partial charge is 0.274 e. The van der Waals surface area contributed by atoms with Gasteiger partial charge in [0.25, 0.3) is 5.91 Å². The number of pyridine rings is 1. The number of aromatic nitrogens is 1. The molecule has 1 aromatic heterocycles. The molecule has 3 nitrogen and oxygen atoms in total. The van der Waals surface area contributed by atoms with Gasteiger partial charge in [0, 0.05) is 6.20 Å². The molecule has 0 bridgehead atoms. The Hall–Kier alpha value is -1.94. The number of anilines is 1. The van der Waals surface area contributed by atoms with Crippen molar-refractivity contribution in [1.82, 2.24) is 4.98 Å². The molecule has 1 amide bonds. The van der Waals surface area contributed by atoms with E-state index in [9.17, 15) is 9.18 Å². The Morgan fingerprint density at radius 1 is 1.29 bits per heavy atom. The third-order valence-electron chi connectivity index (χ3n) is 2.08. The fourth-order valence-electron chi connectivity index (χ4n) is 1.27. The molecule has 1 heterocycles. The van der Waals surface area contributed by atoms with Crippen molar-refractivity contribution in [3.8, 4) is 0 Å². The fourth-order valence-corrected chi connectivity index (χ4v) is 1.49. The van der Waals surface area contributed by atoms with E-state index < -0.39 is 5.82 Å². The predicted molar refractivity (Wildman–Crippen MR) is 63.6 cm³/mol. The number of rotatable bonds is 2. The van der Waals surface area contributed by atoms with Gasteiger partial charge in [-0.25, -0.2) is 4.39 Å². The van der Waals surface area contributed by atoms with Crippen LogP contribution >= 0.6 is 11.6 Å². The molecule has 0 radical (unpaired) electrons. The van der Waals surface area contributed by atoms with E-state index in [0.717, 1.165) is 6.07 Å². The maximum atomic E-state index is 12.8. The topological polar surface area (TPSA) is 42.0 Å². The van der Waals surface area contributed by atoms with Gasteiger partial charge in [-0.05, 0) is 30.3 Å². The molecule has 0 unspecified atom stereocenters. The van der Waals surface area contributed by atoms with Crippen LogP contribution in [0.1, 0.15) is 10.5 Å². The standard InChI is InChI=1S/C12H8ClFN2O/c13-9-7-8(14)4-5-10(9)16-12(17)11-3-1-2-6-15-11/h1-7H,(H,16,17). The second-order valence-corrected chi connectivity index (χ2v) is 3.70. The largest absolute Gasteiger partial charge is 0.319 e. The van der Waals surface area contributed by atoms with Gasteiger partial charge in [-0.2, -0.15) is 0 Å². The summed E-state index contributed by atoms with van der Waals surface area (Å²) in [5, 5.41) is 2.70. The molecule has 2 rings (SSSR count). The first-order valence-electron chi connectivity index (χ1n) is 4.84. The van der Waals surface area contributed by atoms with E-state index in [1.807, 2.05) is 0 Å². The highest BCUT2D eigenvalue weighted by atomic mass is 35.5. The molecule has 0 aliphatic carbocycles. The molecule has 0 atom stereocenters. The van der Waals surface area contributed by atoms with Crippen LogP contribution < -0.4 is 5.32 Å². The first-order valence-corrected chi connectivity index (χ1v) is 5.22. The van der Waals surface area contributed by atoms with Crippen molar-refractivity contribution in [2.45, 2.75) is 0 Å². The SMILES string of the molecule is O=C(Nc1ccc(F)cc1Cl)c1ccccn1. The van der Waals surface area contributed by atoms with E-state index in [1.54, 1.807) is 18.2 Å². The first kappa shape index (κ1) is 11.5. The summed E-state index contributed by atoms with van der Waals surface area (Å²) in [6.45, 7) is 0. The van der Waals surface area contributed by atoms with Gasteiger partial charge < -0.3 is 5.32 Å². The lowest BCUT2D eigenvalue weighted by molar-refractivity contribution is 0.102. The third-order valence-corrected chi connectivity index (χ3v) is 2.39. The Balaban J connectivity index is 2.19. The van der Waals surface area contributed by atoms with Crippen molar-refractivity contribution < 1.29 is 9.18 Å². The monoisotopic (exact) mass is 250 g/mol. The molecule has 5 heteroatoms. The molecule has 0 saturated carbocycles. The molecule has 0 saturated heterocycles. The van der Waals surface area contributed by atoms with Crippen molar-refractivity contribution in [2.75, 3.05) is 5.32 Å². The van der Waals surface area contributed by atoms with Crippen LogP contribution in [0.3, 0.4) is 0 Å². The van der Waals surface area contributed by atoms with Crippen LogP contribution in [0, 0.1) is 5.82 Å². The first-order chi connectivity index (χ1) is 8.16. The van der Waals surface area contributed by atoms with Crippen molar-refractivity contribution in [3.63, 3.8) is 0 Å². The van der Waals surface area contributed by atoms with Gasteiger partial charge in [0.15, 0.2) is 0 Å². The molecule has 0 aliphatic rings. The van der Waals surface area contributed by atoms with Gasteiger partial charge in [-0.15, -0.1) is 0 Å². The quantitative estimate of drug-likeness (QED) is 0.890. The summed E-state index contributed by atoms with van der Waals surface area (Å²) in [6.07, 6.45) is 1.52. The van der Waals surface area contributed by atoms with E-state index in [2.05, 4.69) is 10.3 Å². The average Bonchev–Trinajstić information content (AvgIpc) is 2.34. The number of amides is 1. The molecular formula is C12H8ClFN2O. The van der Waals surface area contributed by atoms with Gasteiger partial charge in [0.1, 0.15) is 11.5 Å². The summed E-state index contributed by atoms with van der Waals surface area (Å²) in [5.41, 5.74) is 0.622. The average molecular weight is 251 g/mol. The number of carbonyl (C=O) groups excluding carboxylic acids is 1. The Morgan fingerprint density at radius 2 is 2.12 bits per heavy atom. The summed E-state index contributed by atoms with van der Waals surface area (Å²) in [5.74, 6) is -0.843. The minimum atomic E-state index is -0.453. The van der Waals surface area contributed by atoms with Crippen LogP contribution in [0.2, 0.25) is 5.02 Å². The molecule has 0 fully saturated rings. The zero-order chi connectivity index (χ0) is 12.3. The minimum Gasteiger partial charge on any atom is -0.319 e. The van der Waals surface area contributed by atoms with Crippen LogP contribution in [0.15, 0.2) is 42.6 Å². The second kappa shape index (κ2) is 4.93. The molecule has 2 aromatic rings. The van der Waals surface area contributed by atoms with E-state index in [1.165, 1.54) is 18.3 Å². The van der Waals surface area contributed by atoms with Crippen LogP contribution in [0.5, 0.6) is 0 Å². The van der Waals surface area contributed by atoms with Crippen molar-refractivity contribution in [1.29, 1.82) is 0 Å². The summed E-state index contributed by atoms with van der Waals surface area (Å²) < 4.78 is 12.8. The third kappa shape index (κ3) is 2.79. The maximum Gasteiger partial charge on any atom is 0.274 e. The van der Waals surface area contributed by atoms with Gasteiger partial charge in [0.05, 0.1) is 10.7 Å². The molecule has 86 valence electrons. The lowest BCUT2D eigenvalue weighted by Crippen LogP contribution is -2.13. The van der Waals surface area contributed by atoms with E-state index in [0.29, 0.717) is 5.69 Å². The number of nitrogens with one attached hydrogen (secondary N) is 1. The number of nitrogens with zero attached hydrogens (tertiary/aromatic N) is 1. The highest BCUT2D eigenvalue weighted by molar-refractivity contribution is 6.33. The normalized spacial score (nSPS) is 10.0. The number of hydrogen-bond acceptors (Lipinski definition) is 2. The summed E-state index contributed by atoms with van der Waals surface area (Å²) in [7, 11) is 0. The summed E-state index contributed by atoms with van der Waals surface area (Å²) >= 11 is 5.79. The molecule has 1 aromatic carbocycles. The zero-order valence-corrected chi connectivity index (χ0v) is 9.41. The predicted octanol–water partition coefficient (Wildman–Crippen LogP) is 3.13. The number of benzene rings is 1. The maximum absolute atomic E-state index is 12.8.